The lowest BCUT2D eigenvalue weighted by atomic mass is 10.1. The molecule has 0 aliphatic rings. The highest BCUT2D eigenvalue weighted by Crippen LogP contribution is 2.22. The molecule has 0 heterocycles. The van der Waals surface area contributed by atoms with Crippen LogP contribution in [0.4, 0.5) is 0 Å². The molecule has 1 unspecified atom stereocenters. The Balaban J connectivity index is 4.55. The first-order chi connectivity index (χ1) is 7.64. The largest absolute Gasteiger partial charge is 0.564 e. The van der Waals surface area contributed by atoms with E-state index in [0.29, 0.717) is 19.6 Å². The first kappa shape index (κ1) is 15.6. The van der Waals surface area contributed by atoms with Crippen LogP contribution in [-0.4, -0.2) is 24.2 Å². The van der Waals surface area contributed by atoms with E-state index >= 15 is 0 Å². The molecule has 96 valence electrons. The smallest absolute Gasteiger partial charge is 0.155 e. The van der Waals surface area contributed by atoms with Gasteiger partial charge in [-0.05, 0) is 20.3 Å². The van der Waals surface area contributed by atoms with Gasteiger partial charge in [0.15, 0.2) is 6.04 Å². The van der Waals surface area contributed by atoms with Crippen LogP contribution in [0.25, 0.3) is 0 Å². The molecule has 0 aliphatic carbocycles. The Hall–Kier alpha value is -0.420. The van der Waals surface area contributed by atoms with Crippen LogP contribution in [0.1, 0.15) is 46.5 Å². The van der Waals surface area contributed by atoms with Crippen molar-refractivity contribution in [2.45, 2.75) is 52.5 Å². The predicted octanol–water partition coefficient (Wildman–Crippen LogP) is 3.34. The molecule has 0 spiro atoms. The molecule has 0 rings (SSSR count). The third kappa shape index (κ3) is 5.07. The summed E-state index contributed by atoms with van der Waals surface area (Å²) in [5.41, 5.74) is 0. The Morgan fingerprint density at radius 3 is 2.19 bits per heavy atom. The van der Waals surface area contributed by atoms with Gasteiger partial charge >= 0.3 is 0 Å². The van der Waals surface area contributed by atoms with E-state index in [1.807, 2.05) is 0 Å². The molecular weight excluding hydrogens is 206 g/mol. The minimum absolute atomic E-state index is 0.211. The zero-order valence-electron chi connectivity index (χ0n) is 10.8. The van der Waals surface area contributed by atoms with Crippen molar-refractivity contribution >= 4 is 0 Å². The van der Waals surface area contributed by atoms with Crippen LogP contribution in [0.3, 0.4) is 0 Å². The van der Waals surface area contributed by atoms with Crippen molar-refractivity contribution in [2.24, 2.45) is 0 Å². The van der Waals surface area contributed by atoms with Gasteiger partial charge in [-0.2, -0.15) is 9.68 Å². The summed E-state index contributed by atoms with van der Waals surface area (Å²) in [6, 6.07) is -0.211. The predicted molar refractivity (Wildman–Crippen MR) is 65.0 cm³/mol. The third-order valence-electron chi connectivity index (χ3n) is 2.39. The molecule has 0 aromatic heterocycles. The SMILES string of the molecule is C=CCC(CCCC)[N+]([O-])(OCC)OCC. The molecule has 0 aliphatic heterocycles. The number of unbranched alkanes of at least 4 members (excludes halogenated alkanes) is 1. The summed E-state index contributed by atoms with van der Waals surface area (Å²) in [7, 11) is 0. The highest BCUT2D eigenvalue weighted by atomic mass is 17.2. The second-order valence-corrected chi connectivity index (χ2v) is 3.70. The Labute approximate surface area is 98.9 Å². The average Bonchev–Trinajstić information content (AvgIpc) is 2.24. The zero-order valence-corrected chi connectivity index (χ0v) is 10.8. The first-order valence-electron chi connectivity index (χ1n) is 6.14. The maximum Gasteiger partial charge on any atom is 0.155 e. The van der Waals surface area contributed by atoms with E-state index in [0.717, 1.165) is 19.3 Å². The quantitative estimate of drug-likeness (QED) is 0.329. The summed E-state index contributed by atoms with van der Waals surface area (Å²) in [4.78, 5) is 9.39. The summed E-state index contributed by atoms with van der Waals surface area (Å²) < 4.78 is 0. The first-order valence-corrected chi connectivity index (χ1v) is 6.14. The van der Waals surface area contributed by atoms with Crippen molar-refractivity contribution < 1.29 is 14.6 Å². The van der Waals surface area contributed by atoms with Gasteiger partial charge in [-0.3, -0.25) is 0 Å². The number of quaternary nitrogens is 1. The lowest BCUT2D eigenvalue weighted by Gasteiger charge is -2.40. The topological polar surface area (TPSA) is 41.5 Å². The Morgan fingerprint density at radius 1 is 1.25 bits per heavy atom. The van der Waals surface area contributed by atoms with E-state index in [2.05, 4.69) is 13.5 Å². The van der Waals surface area contributed by atoms with Gasteiger partial charge in [-0.25, -0.2) is 0 Å². The van der Waals surface area contributed by atoms with Crippen LogP contribution in [-0.2, 0) is 9.68 Å². The van der Waals surface area contributed by atoms with Gasteiger partial charge in [0.2, 0.25) is 0 Å². The number of hydrogen-bond donors (Lipinski definition) is 0. The fraction of sp³-hybridized carbons (Fsp3) is 0.833. The van der Waals surface area contributed by atoms with Gasteiger partial charge in [-0.15, -0.1) is 6.58 Å². The van der Waals surface area contributed by atoms with Crippen molar-refractivity contribution in [2.75, 3.05) is 13.2 Å². The molecule has 0 saturated heterocycles. The minimum atomic E-state index is -1.00. The van der Waals surface area contributed by atoms with Crippen LogP contribution < -0.4 is 0 Å². The summed E-state index contributed by atoms with van der Waals surface area (Å²) in [6.07, 6.45) is 5.23. The fourth-order valence-electron chi connectivity index (χ4n) is 1.65. The number of rotatable bonds is 10. The normalized spacial score (nSPS) is 13.8. The molecule has 16 heavy (non-hydrogen) atoms. The van der Waals surface area contributed by atoms with Crippen molar-refractivity contribution in [3.8, 4) is 0 Å². The second kappa shape index (κ2) is 8.70. The van der Waals surface area contributed by atoms with Gasteiger partial charge in [0.05, 0.1) is 0 Å². The maximum atomic E-state index is 12.3. The fourth-order valence-corrected chi connectivity index (χ4v) is 1.65. The van der Waals surface area contributed by atoms with Crippen molar-refractivity contribution in [1.82, 2.24) is 0 Å². The number of hydrogen-bond acceptors (Lipinski definition) is 3. The standard InChI is InChI=1S/C12H25NO3/c1-5-9-11-12(10-6-2)13(14,15-7-3)16-8-4/h6,12H,2,5,7-11H2,1,3-4H3. The monoisotopic (exact) mass is 231 g/mol. The van der Waals surface area contributed by atoms with Crippen LogP contribution in [0.5, 0.6) is 0 Å². The molecule has 4 heteroatoms. The number of nitrogens with zero attached hydrogens (tertiary/aromatic N) is 1. The lowest BCUT2D eigenvalue weighted by molar-refractivity contribution is -1.23. The summed E-state index contributed by atoms with van der Waals surface area (Å²) in [5, 5.41) is 12.3. The van der Waals surface area contributed by atoms with E-state index in [4.69, 9.17) is 9.68 Å². The highest BCUT2D eigenvalue weighted by molar-refractivity contribution is 4.73. The van der Waals surface area contributed by atoms with Gasteiger partial charge < -0.3 is 5.21 Å². The van der Waals surface area contributed by atoms with Crippen molar-refractivity contribution in [1.29, 1.82) is 0 Å². The van der Waals surface area contributed by atoms with E-state index in [9.17, 15) is 5.21 Å². The summed E-state index contributed by atoms with van der Waals surface area (Å²) >= 11 is 0. The third-order valence-corrected chi connectivity index (χ3v) is 2.39. The molecule has 0 bridgehead atoms. The molecule has 1 atom stereocenters. The maximum absolute atomic E-state index is 12.3. The highest BCUT2D eigenvalue weighted by Gasteiger charge is 2.31. The molecule has 0 aromatic rings. The number of hydroxylamine groups is 3. The van der Waals surface area contributed by atoms with Gasteiger partial charge in [-0.1, -0.05) is 24.4 Å². The average molecular weight is 231 g/mol. The van der Waals surface area contributed by atoms with Crippen LogP contribution in [0.2, 0.25) is 0 Å². The van der Waals surface area contributed by atoms with Crippen molar-refractivity contribution in [3.05, 3.63) is 17.9 Å². The molecule has 4 nitrogen and oxygen atoms in total. The zero-order chi connectivity index (χ0) is 12.4. The summed E-state index contributed by atoms with van der Waals surface area (Å²) in [6.45, 7) is 10.1. The Bertz CT molecular complexity index is 179. The van der Waals surface area contributed by atoms with E-state index < -0.39 is 4.97 Å². The van der Waals surface area contributed by atoms with Crippen molar-refractivity contribution in [3.63, 3.8) is 0 Å². The van der Waals surface area contributed by atoms with Crippen LogP contribution in [0.15, 0.2) is 12.7 Å². The Kier molecular flexibility index (Phi) is 8.47. The molecule has 0 fully saturated rings. The second-order valence-electron chi connectivity index (χ2n) is 3.70. The molecular formula is C12H25NO3. The minimum Gasteiger partial charge on any atom is -0.564 e. The van der Waals surface area contributed by atoms with Gasteiger partial charge in [0.1, 0.15) is 13.2 Å². The summed E-state index contributed by atoms with van der Waals surface area (Å²) in [5.74, 6) is 0. The lowest BCUT2D eigenvalue weighted by Crippen LogP contribution is -2.50. The molecule has 0 amide bonds. The molecule has 0 aromatic carbocycles. The van der Waals surface area contributed by atoms with E-state index in [1.54, 1.807) is 19.9 Å². The molecule has 0 saturated carbocycles. The van der Waals surface area contributed by atoms with E-state index in [-0.39, 0.29) is 6.04 Å². The van der Waals surface area contributed by atoms with Crippen LogP contribution in [0, 0.1) is 5.21 Å². The van der Waals surface area contributed by atoms with E-state index in [1.165, 1.54) is 0 Å². The molecule has 0 N–H and O–H groups in total. The molecule has 0 radical (unpaired) electrons. The van der Waals surface area contributed by atoms with Crippen LogP contribution >= 0.6 is 0 Å². The van der Waals surface area contributed by atoms with Gasteiger partial charge in [0, 0.05) is 12.8 Å². The van der Waals surface area contributed by atoms with Gasteiger partial charge in [0.25, 0.3) is 0 Å². The Morgan fingerprint density at radius 2 is 1.81 bits per heavy atom.